The maximum atomic E-state index is 3.61. The number of unbranched alkanes of at least 4 members (excludes halogenated alkanes) is 2. The van der Waals surface area contributed by atoms with Crippen LogP contribution in [0, 0.1) is 13.8 Å². The zero-order chi connectivity index (χ0) is 12.0. The average Bonchev–Trinajstić information content (AvgIpc) is 2.25. The summed E-state index contributed by atoms with van der Waals surface area (Å²) >= 11 is 0. The lowest BCUT2D eigenvalue weighted by atomic mass is 10.1. The van der Waals surface area contributed by atoms with Gasteiger partial charge in [-0.1, -0.05) is 38.3 Å². The Morgan fingerprint density at radius 1 is 1.19 bits per heavy atom. The van der Waals surface area contributed by atoms with E-state index in [-0.39, 0.29) is 0 Å². The third kappa shape index (κ3) is 3.88. The molecule has 0 aliphatic rings. The van der Waals surface area contributed by atoms with E-state index in [4.69, 9.17) is 0 Å². The normalized spacial score (nSPS) is 12.5. The zero-order valence-corrected chi connectivity index (χ0v) is 11.1. The lowest BCUT2D eigenvalue weighted by Gasteiger charge is -2.17. The Labute approximate surface area is 100 Å². The molecule has 0 spiro atoms. The van der Waals surface area contributed by atoms with Crippen molar-refractivity contribution in [2.24, 2.45) is 0 Å². The molecule has 1 nitrogen and oxygen atoms in total. The van der Waals surface area contributed by atoms with Crippen molar-refractivity contribution in [3.8, 4) is 0 Å². The monoisotopic (exact) mass is 219 g/mol. The van der Waals surface area contributed by atoms with Crippen LogP contribution in [0.25, 0.3) is 0 Å². The fraction of sp³-hybridized carbons (Fsp3) is 0.600. The van der Waals surface area contributed by atoms with Gasteiger partial charge in [-0.05, 0) is 44.4 Å². The van der Waals surface area contributed by atoms with Gasteiger partial charge in [-0.25, -0.2) is 0 Å². The summed E-state index contributed by atoms with van der Waals surface area (Å²) in [6, 6.07) is 7.05. The summed E-state index contributed by atoms with van der Waals surface area (Å²) in [5, 5.41) is 3.61. The highest BCUT2D eigenvalue weighted by molar-refractivity contribution is 5.54. The minimum absolute atomic E-state index is 0.576. The second kappa shape index (κ2) is 6.57. The zero-order valence-electron chi connectivity index (χ0n) is 11.1. The number of rotatable bonds is 6. The molecular weight excluding hydrogens is 194 g/mol. The molecule has 0 bridgehead atoms. The Hall–Kier alpha value is -0.980. The first-order valence-corrected chi connectivity index (χ1v) is 6.48. The summed E-state index contributed by atoms with van der Waals surface area (Å²) in [6.07, 6.45) is 5.24. The molecule has 0 aliphatic heterocycles. The van der Waals surface area contributed by atoms with E-state index < -0.39 is 0 Å². The summed E-state index contributed by atoms with van der Waals surface area (Å²) < 4.78 is 0. The Morgan fingerprint density at radius 3 is 2.62 bits per heavy atom. The molecule has 1 aromatic rings. The maximum Gasteiger partial charge on any atom is 0.0374 e. The highest BCUT2D eigenvalue weighted by Crippen LogP contribution is 2.19. The Balaban J connectivity index is 2.49. The number of nitrogens with one attached hydrogen (secondary N) is 1. The van der Waals surface area contributed by atoms with Gasteiger partial charge in [0.05, 0.1) is 0 Å². The molecule has 1 heteroatoms. The van der Waals surface area contributed by atoms with Crippen LogP contribution in [0.1, 0.15) is 50.7 Å². The first-order valence-electron chi connectivity index (χ1n) is 6.48. The van der Waals surface area contributed by atoms with Gasteiger partial charge in [-0.2, -0.15) is 0 Å². The molecule has 0 radical (unpaired) electrons. The maximum absolute atomic E-state index is 3.61. The third-order valence-corrected chi connectivity index (χ3v) is 3.25. The van der Waals surface area contributed by atoms with E-state index in [1.54, 1.807) is 0 Å². The fourth-order valence-corrected chi connectivity index (χ4v) is 1.95. The molecule has 1 unspecified atom stereocenters. The van der Waals surface area contributed by atoms with Crippen LogP contribution in [-0.2, 0) is 0 Å². The highest BCUT2D eigenvalue weighted by Gasteiger charge is 2.04. The summed E-state index contributed by atoms with van der Waals surface area (Å²) in [5.74, 6) is 0. The largest absolute Gasteiger partial charge is 0.382 e. The van der Waals surface area contributed by atoms with Crippen LogP contribution < -0.4 is 5.32 Å². The Morgan fingerprint density at radius 2 is 1.94 bits per heavy atom. The molecule has 1 atom stereocenters. The van der Waals surface area contributed by atoms with Gasteiger partial charge >= 0.3 is 0 Å². The van der Waals surface area contributed by atoms with Crippen molar-refractivity contribution in [1.29, 1.82) is 0 Å². The number of anilines is 1. The van der Waals surface area contributed by atoms with Crippen LogP contribution in [0.5, 0.6) is 0 Å². The molecule has 0 saturated carbocycles. The van der Waals surface area contributed by atoms with E-state index >= 15 is 0 Å². The molecule has 1 rings (SSSR count). The number of benzene rings is 1. The number of aryl methyl sites for hydroxylation is 1. The number of hydrogen-bond acceptors (Lipinski definition) is 1. The van der Waals surface area contributed by atoms with Gasteiger partial charge in [0, 0.05) is 11.7 Å². The predicted octanol–water partition coefficient (Wildman–Crippen LogP) is 4.68. The summed E-state index contributed by atoms with van der Waals surface area (Å²) in [5.41, 5.74) is 4.04. The van der Waals surface area contributed by atoms with Gasteiger partial charge in [0.15, 0.2) is 0 Å². The van der Waals surface area contributed by atoms with Gasteiger partial charge in [-0.15, -0.1) is 0 Å². The fourth-order valence-electron chi connectivity index (χ4n) is 1.95. The lowest BCUT2D eigenvalue weighted by molar-refractivity contribution is 0.615. The van der Waals surface area contributed by atoms with Crippen LogP contribution in [0.2, 0.25) is 0 Å². The third-order valence-electron chi connectivity index (χ3n) is 3.25. The van der Waals surface area contributed by atoms with Crippen LogP contribution in [-0.4, -0.2) is 6.04 Å². The minimum Gasteiger partial charge on any atom is -0.382 e. The average molecular weight is 219 g/mol. The van der Waals surface area contributed by atoms with Crippen LogP contribution in [0.4, 0.5) is 5.69 Å². The Kier molecular flexibility index (Phi) is 5.37. The van der Waals surface area contributed by atoms with Crippen molar-refractivity contribution in [3.63, 3.8) is 0 Å². The van der Waals surface area contributed by atoms with Crippen molar-refractivity contribution >= 4 is 5.69 Å². The summed E-state index contributed by atoms with van der Waals surface area (Å²) in [6.45, 7) is 8.89. The molecule has 0 fully saturated rings. The van der Waals surface area contributed by atoms with Gasteiger partial charge in [0.2, 0.25) is 0 Å². The smallest absolute Gasteiger partial charge is 0.0374 e. The lowest BCUT2D eigenvalue weighted by Crippen LogP contribution is -2.15. The molecule has 0 heterocycles. The predicted molar refractivity (Wildman–Crippen MR) is 73.1 cm³/mol. The minimum atomic E-state index is 0.576. The van der Waals surface area contributed by atoms with Crippen molar-refractivity contribution in [3.05, 3.63) is 29.3 Å². The Bertz CT molecular complexity index is 317. The first kappa shape index (κ1) is 13.1. The van der Waals surface area contributed by atoms with Gasteiger partial charge in [0.1, 0.15) is 0 Å². The molecule has 0 saturated heterocycles. The second-order valence-electron chi connectivity index (χ2n) is 4.79. The van der Waals surface area contributed by atoms with Gasteiger partial charge < -0.3 is 5.32 Å². The molecule has 1 aromatic carbocycles. The molecule has 0 aromatic heterocycles. The topological polar surface area (TPSA) is 12.0 Å². The quantitative estimate of drug-likeness (QED) is 0.685. The standard InChI is InChI=1S/C15H25N/c1-5-6-7-10-13(3)16-15-11-8-9-12(2)14(15)4/h8-9,11,13,16H,5-7,10H2,1-4H3. The second-order valence-corrected chi connectivity index (χ2v) is 4.79. The molecule has 0 aliphatic carbocycles. The summed E-state index contributed by atoms with van der Waals surface area (Å²) in [4.78, 5) is 0. The van der Waals surface area contributed by atoms with E-state index in [9.17, 15) is 0 Å². The van der Waals surface area contributed by atoms with E-state index in [1.807, 2.05) is 0 Å². The SMILES string of the molecule is CCCCCC(C)Nc1cccc(C)c1C. The van der Waals surface area contributed by atoms with E-state index in [0.717, 1.165) is 0 Å². The van der Waals surface area contributed by atoms with E-state index in [1.165, 1.54) is 42.5 Å². The van der Waals surface area contributed by atoms with Crippen LogP contribution in [0.3, 0.4) is 0 Å². The highest BCUT2D eigenvalue weighted by atomic mass is 14.9. The molecule has 1 N–H and O–H groups in total. The van der Waals surface area contributed by atoms with Gasteiger partial charge in [-0.3, -0.25) is 0 Å². The van der Waals surface area contributed by atoms with Crippen molar-refractivity contribution < 1.29 is 0 Å². The van der Waals surface area contributed by atoms with Crippen molar-refractivity contribution in [1.82, 2.24) is 0 Å². The molecule has 0 amide bonds. The van der Waals surface area contributed by atoms with Crippen LogP contribution in [0.15, 0.2) is 18.2 Å². The van der Waals surface area contributed by atoms with E-state index in [0.29, 0.717) is 6.04 Å². The summed E-state index contributed by atoms with van der Waals surface area (Å²) in [7, 11) is 0. The van der Waals surface area contributed by atoms with Crippen molar-refractivity contribution in [2.45, 2.75) is 59.4 Å². The van der Waals surface area contributed by atoms with Crippen LogP contribution >= 0.6 is 0 Å². The van der Waals surface area contributed by atoms with E-state index in [2.05, 4.69) is 51.2 Å². The first-order chi connectivity index (χ1) is 7.65. The van der Waals surface area contributed by atoms with Gasteiger partial charge in [0.25, 0.3) is 0 Å². The molecular formula is C15H25N. The number of hydrogen-bond donors (Lipinski definition) is 1. The van der Waals surface area contributed by atoms with Crippen molar-refractivity contribution in [2.75, 3.05) is 5.32 Å². The molecule has 90 valence electrons. The molecule has 16 heavy (non-hydrogen) atoms.